The van der Waals surface area contributed by atoms with E-state index in [1.54, 1.807) is 13.0 Å². The van der Waals surface area contributed by atoms with Crippen LogP contribution in [-0.4, -0.2) is 22.7 Å². The minimum atomic E-state index is -0.730. The Kier molecular flexibility index (Phi) is 5.21. The average Bonchev–Trinajstić information content (AvgIpc) is 2.89. The maximum atomic E-state index is 11.8. The van der Waals surface area contributed by atoms with Crippen LogP contribution >= 0.6 is 0 Å². The van der Waals surface area contributed by atoms with Gasteiger partial charge in [-0.1, -0.05) is 50.2 Å². The minimum absolute atomic E-state index is 0.0768. The number of carbonyl (C=O) groups is 1. The SMILES string of the molecule is Cc1cc(CC(=O)NC[C@@H](O)c2ccc(C(C)(C)C)cc2)no1. The van der Waals surface area contributed by atoms with Gasteiger partial charge in [-0.3, -0.25) is 4.79 Å². The monoisotopic (exact) mass is 316 g/mol. The number of amides is 1. The first-order valence-corrected chi connectivity index (χ1v) is 7.73. The Bertz CT molecular complexity index is 654. The number of benzene rings is 1. The molecule has 0 aliphatic rings. The number of hydrogen-bond acceptors (Lipinski definition) is 4. The molecular formula is C18H24N2O3. The van der Waals surface area contributed by atoms with Gasteiger partial charge in [0, 0.05) is 12.6 Å². The summed E-state index contributed by atoms with van der Waals surface area (Å²) in [6.07, 6.45) is -0.584. The lowest BCUT2D eigenvalue weighted by Crippen LogP contribution is -2.29. The highest BCUT2D eigenvalue weighted by molar-refractivity contribution is 5.78. The summed E-state index contributed by atoms with van der Waals surface area (Å²) in [4.78, 5) is 11.8. The number of nitrogens with one attached hydrogen (secondary N) is 1. The van der Waals surface area contributed by atoms with E-state index in [1.807, 2.05) is 24.3 Å². The second-order valence-corrected chi connectivity index (χ2v) is 6.80. The van der Waals surface area contributed by atoms with Gasteiger partial charge in [0.05, 0.1) is 18.2 Å². The lowest BCUT2D eigenvalue weighted by atomic mass is 9.86. The van der Waals surface area contributed by atoms with Crippen molar-refractivity contribution in [2.75, 3.05) is 6.54 Å². The largest absolute Gasteiger partial charge is 0.387 e. The number of carbonyl (C=O) groups excluding carboxylic acids is 1. The summed E-state index contributed by atoms with van der Waals surface area (Å²) in [7, 11) is 0. The van der Waals surface area contributed by atoms with Crippen LogP contribution in [0.2, 0.25) is 0 Å². The summed E-state index contributed by atoms with van der Waals surface area (Å²) < 4.78 is 4.92. The van der Waals surface area contributed by atoms with Crippen LogP contribution in [0.1, 0.15) is 49.5 Å². The van der Waals surface area contributed by atoms with E-state index in [9.17, 15) is 9.90 Å². The van der Waals surface area contributed by atoms with Gasteiger partial charge in [0.1, 0.15) is 5.76 Å². The molecule has 5 heteroatoms. The Labute approximate surface area is 136 Å². The Morgan fingerprint density at radius 3 is 2.48 bits per heavy atom. The van der Waals surface area contributed by atoms with Gasteiger partial charge in [0.2, 0.25) is 5.91 Å². The topological polar surface area (TPSA) is 75.4 Å². The summed E-state index contributed by atoms with van der Waals surface area (Å²) in [5.74, 6) is 0.482. The van der Waals surface area contributed by atoms with Gasteiger partial charge >= 0.3 is 0 Å². The van der Waals surface area contributed by atoms with Crippen LogP contribution in [0.3, 0.4) is 0 Å². The molecular weight excluding hydrogens is 292 g/mol. The maximum absolute atomic E-state index is 11.8. The summed E-state index contributed by atoms with van der Waals surface area (Å²) in [6.45, 7) is 8.38. The molecule has 0 saturated carbocycles. The molecule has 1 atom stereocenters. The second-order valence-electron chi connectivity index (χ2n) is 6.80. The third kappa shape index (κ3) is 4.93. The minimum Gasteiger partial charge on any atom is -0.387 e. The van der Waals surface area contributed by atoms with Crippen LogP contribution in [0.15, 0.2) is 34.9 Å². The van der Waals surface area contributed by atoms with Gasteiger partial charge in [0.25, 0.3) is 0 Å². The van der Waals surface area contributed by atoms with Gasteiger partial charge in [-0.2, -0.15) is 0 Å². The summed E-state index contributed by atoms with van der Waals surface area (Å²) in [5, 5.41) is 16.7. The van der Waals surface area contributed by atoms with Crippen LogP contribution in [0, 0.1) is 6.92 Å². The molecule has 0 unspecified atom stereocenters. The molecule has 2 N–H and O–H groups in total. The zero-order valence-electron chi connectivity index (χ0n) is 14.1. The maximum Gasteiger partial charge on any atom is 0.226 e. The van der Waals surface area contributed by atoms with Crippen LogP contribution in [0.25, 0.3) is 0 Å². The third-order valence-electron chi connectivity index (χ3n) is 3.67. The fraction of sp³-hybridized carbons (Fsp3) is 0.444. The highest BCUT2D eigenvalue weighted by Gasteiger charge is 2.15. The average molecular weight is 316 g/mol. The van der Waals surface area contributed by atoms with Crippen LogP contribution < -0.4 is 5.32 Å². The number of aliphatic hydroxyl groups is 1. The predicted octanol–water partition coefficient (Wildman–Crippen LogP) is 2.67. The van der Waals surface area contributed by atoms with Crippen molar-refractivity contribution < 1.29 is 14.4 Å². The Balaban J connectivity index is 1.86. The lowest BCUT2D eigenvalue weighted by molar-refractivity contribution is -0.121. The molecule has 0 bridgehead atoms. The smallest absolute Gasteiger partial charge is 0.226 e. The van der Waals surface area contributed by atoms with E-state index < -0.39 is 6.10 Å². The Hall–Kier alpha value is -2.14. The van der Waals surface area contributed by atoms with E-state index in [0.29, 0.717) is 11.5 Å². The van der Waals surface area contributed by atoms with E-state index in [1.165, 1.54) is 5.56 Å². The molecule has 1 aromatic carbocycles. The van der Waals surface area contributed by atoms with Crippen molar-refractivity contribution in [2.45, 2.75) is 45.6 Å². The van der Waals surface area contributed by atoms with Crippen molar-refractivity contribution in [3.8, 4) is 0 Å². The molecule has 0 aliphatic heterocycles. The molecule has 1 heterocycles. The molecule has 0 spiro atoms. The zero-order valence-corrected chi connectivity index (χ0v) is 14.1. The first-order chi connectivity index (χ1) is 10.8. The predicted molar refractivity (Wildman–Crippen MR) is 88.1 cm³/mol. The highest BCUT2D eigenvalue weighted by Crippen LogP contribution is 2.23. The molecule has 0 radical (unpaired) electrons. The van der Waals surface area contributed by atoms with Gasteiger partial charge in [0.15, 0.2) is 0 Å². The molecule has 2 aromatic rings. The molecule has 23 heavy (non-hydrogen) atoms. The first-order valence-electron chi connectivity index (χ1n) is 7.73. The lowest BCUT2D eigenvalue weighted by Gasteiger charge is -2.20. The van der Waals surface area contributed by atoms with Crippen molar-refractivity contribution in [3.63, 3.8) is 0 Å². The molecule has 0 fully saturated rings. The normalized spacial score (nSPS) is 12.9. The van der Waals surface area contributed by atoms with Gasteiger partial charge < -0.3 is 14.9 Å². The zero-order chi connectivity index (χ0) is 17.0. The molecule has 5 nitrogen and oxygen atoms in total. The number of rotatable bonds is 5. The number of aryl methyl sites for hydroxylation is 1. The molecule has 124 valence electrons. The number of aliphatic hydroxyl groups excluding tert-OH is 1. The fourth-order valence-corrected chi connectivity index (χ4v) is 2.26. The van der Waals surface area contributed by atoms with Crippen molar-refractivity contribution >= 4 is 5.91 Å². The number of nitrogens with zero attached hydrogens (tertiary/aromatic N) is 1. The molecule has 1 aromatic heterocycles. The van der Waals surface area contributed by atoms with Gasteiger partial charge in [-0.15, -0.1) is 0 Å². The van der Waals surface area contributed by atoms with E-state index in [0.717, 1.165) is 5.56 Å². The summed E-state index contributed by atoms with van der Waals surface area (Å²) in [6, 6.07) is 9.55. The Morgan fingerprint density at radius 2 is 1.96 bits per heavy atom. The van der Waals surface area contributed by atoms with Gasteiger partial charge in [-0.25, -0.2) is 0 Å². The number of aromatic nitrogens is 1. The van der Waals surface area contributed by atoms with E-state index in [4.69, 9.17) is 4.52 Å². The van der Waals surface area contributed by atoms with Crippen molar-refractivity contribution in [3.05, 3.63) is 52.9 Å². The summed E-state index contributed by atoms with van der Waals surface area (Å²) in [5.41, 5.74) is 2.66. The van der Waals surface area contributed by atoms with E-state index in [-0.39, 0.29) is 24.3 Å². The first kappa shape index (κ1) is 17.2. The van der Waals surface area contributed by atoms with E-state index in [2.05, 4.69) is 31.2 Å². The molecule has 1 amide bonds. The standard InChI is InChI=1S/C18H24N2O3/c1-12-9-15(20-23-12)10-17(22)19-11-16(21)13-5-7-14(8-6-13)18(2,3)4/h5-9,16,21H,10-11H2,1-4H3,(H,19,22)/t16-/m1/s1. The van der Waals surface area contributed by atoms with Crippen LogP contribution in [0.4, 0.5) is 0 Å². The molecule has 0 aliphatic carbocycles. The molecule has 2 rings (SSSR count). The van der Waals surface area contributed by atoms with Crippen LogP contribution in [-0.2, 0) is 16.6 Å². The fourth-order valence-electron chi connectivity index (χ4n) is 2.26. The quantitative estimate of drug-likeness (QED) is 0.889. The molecule has 0 saturated heterocycles. The van der Waals surface area contributed by atoms with Crippen molar-refractivity contribution in [1.29, 1.82) is 0 Å². The highest BCUT2D eigenvalue weighted by atomic mass is 16.5. The third-order valence-corrected chi connectivity index (χ3v) is 3.67. The van der Waals surface area contributed by atoms with Crippen LogP contribution in [0.5, 0.6) is 0 Å². The Morgan fingerprint density at radius 1 is 1.30 bits per heavy atom. The summed E-state index contributed by atoms with van der Waals surface area (Å²) >= 11 is 0. The second kappa shape index (κ2) is 6.96. The van der Waals surface area contributed by atoms with Gasteiger partial charge in [-0.05, 0) is 23.5 Å². The van der Waals surface area contributed by atoms with Crippen molar-refractivity contribution in [1.82, 2.24) is 10.5 Å². The van der Waals surface area contributed by atoms with Crippen molar-refractivity contribution in [2.24, 2.45) is 0 Å². The number of hydrogen-bond donors (Lipinski definition) is 2. The van der Waals surface area contributed by atoms with E-state index >= 15 is 0 Å².